The Morgan fingerprint density at radius 3 is 2.42 bits per heavy atom. The van der Waals surface area contributed by atoms with E-state index in [2.05, 4.69) is 5.32 Å². The molecule has 0 aliphatic heterocycles. The maximum atomic E-state index is 13.3. The standard InChI is InChI=1S/C29H26Cl2N2O3/c1-2-33(26-10-5-8-20-7-3-4-9-24(20)26)29(35)21-12-15-23(16-13-21)32-28(34)11-6-18-36-27-17-14-22(30)19-25(27)31/h3-5,7-10,12-17,19H,2,6,11,18H2,1H3,(H,32,34). The lowest BCUT2D eigenvalue weighted by atomic mass is 10.1. The summed E-state index contributed by atoms with van der Waals surface area (Å²) in [5, 5.41) is 5.95. The van der Waals surface area contributed by atoms with Gasteiger partial charge in [0.15, 0.2) is 0 Å². The minimum atomic E-state index is -0.134. The summed E-state index contributed by atoms with van der Waals surface area (Å²) in [6.07, 6.45) is 0.814. The van der Waals surface area contributed by atoms with Crippen molar-refractivity contribution < 1.29 is 14.3 Å². The van der Waals surface area contributed by atoms with Gasteiger partial charge >= 0.3 is 0 Å². The van der Waals surface area contributed by atoms with Crippen LogP contribution in [-0.2, 0) is 4.79 Å². The molecule has 184 valence electrons. The van der Waals surface area contributed by atoms with Crippen LogP contribution in [0.4, 0.5) is 11.4 Å². The van der Waals surface area contributed by atoms with Crippen molar-refractivity contribution in [2.24, 2.45) is 0 Å². The molecular weight excluding hydrogens is 495 g/mol. The fraction of sp³-hybridized carbons (Fsp3) is 0.172. The molecule has 5 nitrogen and oxygen atoms in total. The largest absolute Gasteiger partial charge is 0.492 e. The van der Waals surface area contributed by atoms with Crippen LogP contribution in [0.2, 0.25) is 10.0 Å². The Kier molecular flexibility index (Phi) is 8.47. The molecule has 36 heavy (non-hydrogen) atoms. The van der Waals surface area contributed by atoms with Crippen molar-refractivity contribution in [2.75, 3.05) is 23.4 Å². The van der Waals surface area contributed by atoms with Crippen LogP contribution in [0.5, 0.6) is 5.75 Å². The minimum absolute atomic E-state index is 0.0928. The molecule has 4 rings (SSSR count). The summed E-state index contributed by atoms with van der Waals surface area (Å²) < 4.78 is 5.62. The highest BCUT2D eigenvalue weighted by Crippen LogP contribution is 2.29. The highest BCUT2D eigenvalue weighted by molar-refractivity contribution is 6.35. The van der Waals surface area contributed by atoms with E-state index in [1.165, 1.54) is 0 Å². The van der Waals surface area contributed by atoms with E-state index in [-0.39, 0.29) is 18.2 Å². The number of hydrogen-bond donors (Lipinski definition) is 1. The third-order valence-corrected chi connectivity index (χ3v) is 6.26. The lowest BCUT2D eigenvalue weighted by molar-refractivity contribution is -0.116. The molecule has 1 N–H and O–H groups in total. The summed E-state index contributed by atoms with van der Waals surface area (Å²) in [5.74, 6) is 0.307. The van der Waals surface area contributed by atoms with Crippen molar-refractivity contribution in [3.8, 4) is 5.75 Å². The molecule has 0 heterocycles. The zero-order valence-corrected chi connectivity index (χ0v) is 21.4. The first-order chi connectivity index (χ1) is 17.5. The zero-order valence-electron chi connectivity index (χ0n) is 19.8. The maximum absolute atomic E-state index is 13.3. The normalized spacial score (nSPS) is 10.8. The van der Waals surface area contributed by atoms with Crippen molar-refractivity contribution in [3.63, 3.8) is 0 Å². The fourth-order valence-electron chi connectivity index (χ4n) is 3.95. The number of rotatable bonds is 9. The highest BCUT2D eigenvalue weighted by atomic mass is 35.5. The summed E-state index contributed by atoms with van der Waals surface area (Å²) in [7, 11) is 0. The number of nitrogens with zero attached hydrogens (tertiary/aromatic N) is 1. The molecule has 0 aliphatic carbocycles. The molecular formula is C29H26Cl2N2O3. The molecule has 0 aliphatic rings. The fourth-order valence-corrected chi connectivity index (χ4v) is 4.41. The van der Waals surface area contributed by atoms with Gasteiger partial charge in [-0.05, 0) is 67.3 Å². The van der Waals surface area contributed by atoms with Crippen molar-refractivity contribution in [1.82, 2.24) is 0 Å². The third-order valence-electron chi connectivity index (χ3n) is 5.73. The van der Waals surface area contributed by atoms with E-state index in [0.29, 0.717) is 46.6 Å². The second kappa shape index (κ2) is 11.9. The molecule has 0 fully saturated rings. The summed E-state index contributed by atoms with van der Waals surface area (Å²) in [6.45, 7) is 2.84. The Hall–Kier alpha value is -3.54. The molecule has 0 unspecified atom stereocenters. The summed E-state index contributed by atoms with van der Waals surface area (Å²) in [5.41, 5.74) is 2.06. The topological polar surface area (TPSA) is 58.6 Å². The van der Waals surface area contributed by atoms with Crippen LogP contribution in [0.15, 0.2) is 84.9 Å². The second-order valence-electron chi connectivity index (χ2n) is 8.20. The first-order valence-corrected chi connectivity index (χ1v) is 12.5. The van der Waals surface area contributed by atoms with Gasteiger partial charge in [0.2, 0.25) is 5.91 Å². The van der Waals surface area contributed by atoms with Crippen LogP contribution in [0, 0.1) is 0 Å². The molecule has 0 radical (unpaired) electrons. The zero-order chi connectivity index (χ0) is 25.5. The van der Waals surface area contributed by atoms with Crippen LogP contribution in [0.25, 0.3) is 10.8 Å². The van der Waals surface area contributed by atoms with E-state index < -0.39 is 0 Å². The van der Waals surface area contributed by atoms with Gasteiger partial charge in [0.05, 0.1) is 17.3 Å². The molecule has 7 heteroatoms. The maximum Gasteiger partial charge on any atom is 0.258 e. The summed E-state index contributed by atoms with van der Waals surface area (Å²) in [6, 6.07) is 25.9. The number of fused-ring (bicyclic) bond motifs is 1. The van der Waals surface area contributed by atoms with Crippen molar-refractivity contribution in [1.29, 1.82) is 0 Å². The Balaban J connectivity index is 1.33. The molecule has 0 saturated carbocycles. The number of amides is 2. The van der Waals surface area contributed by atoms with E-state index in [0.717, 1.165) is 16.5 Å². The Labute approximate surface area is 220 Å². The predicted molar refractivity (Wildman–Crippen MR) is 148 cm³/mol. The van der Waals surface area contributed by atoms with Crippen LogP contribution in [0.1, 0.15) is 30.1 Å². The van der Waals surface area contributed by atoms with Crippen LogP contribution in [-0.4, -0.2) is 25.0 Å². The summed E-state index contributed by atoms with van der Waals surface area (Å²) in [4.78, 5) is 27.4. The first-order valence-electron chi connectivity index (χ1n) is 11.7. The van der Waals surface area contributed by atoms with Gasteiger partial charge in [0, 0.05) is 34.6 Å². The number of benzene rings is 4. The average Bonchev–Trinajstić information content (AvgIpc) is 2.88. The monoisotopic (exact) mass is 520 g/mol. The van der Waals surface area contributed by atoms with Gasteiger partial charge in [-0.2, -0.15) is 0 Å². The smallest absolute Gasteiger partial charge is 0.258 e. The van der Waals surface area contributed by atoms with Crippen molar-refractivity contribution in [2.45, 2.75) is 19.8 Å². The Morgan fingerprint density at radius 2 is 1.67 bits per heavy atom. The van der Waals surface area contributed by atoms with Gasteiger partial charge in [-0.3, -0.25) is 9.59 Å². The number of anilines is 2. The van der Waals surface area contributed by atoms with Gasteiger partial charge in [-0.25, -0.2) is 0 Å². The number of ether oxygens (including phenoxy) is 1. The molecule has 0 saturated heterocycles. The number of hydrogen-bond acceptors (Lipinski definition) is 3. The predicted octanol–water partition coefficient (Wildman–Crippen LogP) is 7.61. The van der Waals surface area contributed by atoms with Gasteiger partial charge < -0.3 is 15.0 Å². The second-order valence-corrected chi connectivity index (χ2v) is 9.04. The minimum Gasteiger partial charge on any atom is -0.492 e. The first kappa shape index (κ1) is 25.5. The van der Waals surface area contributed by atoms with Crippen LogP contribution < -0.4 is 15.0 Å². The van der Waals surface area contributed by atoms with Crippen LogP contribution >= 0.6 is 23.2 Å². The number of nitrogens with one attached hydrogen (secondary N) is 1. The van der Waals surface area contributed by atoms with Gasteiger partial charge in [0.25, 0.3) is 5.91 Å². The van der Waals surface area contributed by atoms with E-state index in [1.807, 2.05) is 49.4 Å². The average molecular weight is 521 g/mol. The van der Waals surface area contributed by atoms with Gasteiger partial charge in [-0.1, -0.05) is 59.6 Å². The molecule has 2 amide bonds. The molecule has 0 bridgehead atoms. The number of halogens is 2. The SMILES string of the molecule is CCN(C(=O)c1ccc(NC(=O)CCCOc2ccc(Cl)cc2Cl)cc1)c1cccc2ccccc12. The highest BCUT2D eigenvalue weighted by Gasteiger charge is 2.18. The van der Waals surface area contributed by atoms with E-state index in [4.69, 9.17) is 27.9 Å². The lowest BCUT2D eigenvalue weighted by Gasteiger charge is -2.23. The van der Waals surface area contributed by atoms with E-state index >= 15 is 0 Å². The third kappa shape index (κ3) is 6.17. The lowest BCUT2D eigenvalue weighted by Crippen LogP contribution is -2.30. The molecule has 0 aromatic heterocycles. The molecule has 4 aromatic rings. The van der Waals surface area contributed by atoms with Crippen molar-refractivity contribution in [3.05, 3.63) is 101 Å². The molecule has 0 spiro atoms. The number of carbonyl (C=O) groups is 2. The molecule has 4 aromatic carbocycles. The number of carbonyl (C=O) groups excluding carboxylic acids is 2. The van der Waals surface area contributed by atoms with Crippen molar-refractivity contribution >= 4 is 57.2 Å². The Bertz CT molecular complexity index is 1370. The van der Waals surface area contributed by atoms with Gasteiger partial charge in [0.1, 0.15) is 5.75 Å². The van der Waals surface area contributed by atoms with E-state index in [9.17, 15) is 9.59 Å². The molecule has 0 atom stereocenters. The van der Waals surface area contributed by atoms with Gasteiger partial charge in [-0.15, -0.1) is 0 Å². The van der Waals surface area contributed by atoms with E-state index in [1.54, 1.807) is 47.4 Å². The van der Waals surface area contributed by atoms with Crippen LogP contribution in [0.3, 0.4) is 0 Å². The summed E-state index contributed by atoms with van der Waals surface area (Å²) >= 11 is 12.0. The Morgan fingerprint density at radius 1 is 0.917 bits per heavy atom. The quantitative estimate of drug-likeness (QED) is 0.231.